The molecule has 1 fully saturated rings. The molecule has 0 unspecified atom stereocenters. The zero-order valence-electron chi connectivity index (χ0n) is 14.3. The Bertz CT molecular complexity index is 739. The van der Waals surface area contributed by atoms with Gasteiger partial charge in [-0.05, 0) is 52.3 Å². The second kappa shape index (κ2) is 6.68. The summed E-state index contributed by atoms with van der Waals surface area (Å²) in [6, 6.07) is 0. The van der Waals surface area contributed by atoms with E-state index in [-0.39, 0.29) is 11.6 Å². The van der Waals surface area contributed by atoms with Gasteiger partial charge in [0.05, 0.1) is 12.2 Å². The third-order valence-electron chi connectivity index (χ3n) is 4.84. The summed E-state index contributed by atoms with van der Waals surface area (Å²) >= 11 is 0. The van der Waals surface area contributed by atoms with Gasteiger partial charge in [0.15, 0.2) is 11.6 Å². The quantitative estimate of drug-likeness (QED) is 0.818. The molecule has 0 atom stereocenters. The van der Waals surface area contributed by atoms with E-state index in [0.29, 0.717) is 23.7 Å². The molecule has 0 spiro atoms. The van der Waals surface area contributed by atoms with Crippen LogP contribution >= 0.6 is 0 Å². The van der Waals surface area contributed by atoms with Crippen LogP contribution in [0.15, 0.2) is 6.33 Å². The van der Waals surface area contributed by atoms with Crippen molar-refractivity contribution in [3.8, 4) is 0 Å². The van der Waals surface area contributed by atoms with Crippen molar-refractivity contribution in [1.29, 1.82) is 0 Å². The number of likely N-dealkylation sites (tertiary alicyclic amines) is 1. The van der Waals surface area contributed by atoms with Gasteiger partial charge in [0, 0.05) is 17.2 Å². The number of H-pyrrole nitrogens is 2. The van der Waals surface area contributed by atoms with Crippen molar-refractivity contribution in [2.75, 3.05) is 19.6 Å². The van der Waals surface area contributed by atoms with E-state index in [1.54, 1.807) is 0 Å². The van der Waals surface area contributed by atoms with Crippen molar-refractivity contribution >= 4 is 11.6 Å². The van der Waals surface area contributed by atoms with Crippen molar-refractivity contribution in [3.63, 3.8) is 0 Å². The first kappa shape index (κ1) is 16.6. The number of carbonyl (C=O) groups is 2. The van der Waals surface area contributed by atoms with Crippen LogP contribution in [0.25, 0.3) is 0 Å². The topological polar surface area (TPSA) is 94.7 Å². The van der Waals surface area contributed by atoms with Crippen LogP contribution < -0.4 is 0 Å². The summed E-state index contributed by atoms with van der Waals surface area (Å²) < 4.78 is 0. The molecule has 0 aliphatic carbocycles. The van der Waals surface area contributed by atoms with E-state index in [1.165, 1.54) is 13.3 Å². The van der Waals surface area contributed by atoms with E-state index < -0.39 is 0 Å². The van der Waals surface area contributed by atoms with Gasteiger partial charge in [-0.1, -0.05) is 0 Å². The monoisotopic (exact) mass is 329 g/mol. The standard InChI is InChI=1S/C17H23N5O2/c1-10-15(12(3)23)11(2)20-16(10)14(24)8-22-6-4-13(5-7-22)17-18-9-19-21-17/h9,13,20H,4-8H2,1-3H3,(H,18,19,21). The molecule has 2 aromatic heterocycles. The van der Waals surface area contributed by atoms with E-state index in [0.717, 1.165) is 43.0 Å². The highest BCUT2D eigenvalue weighted by atomic mass is 16.1. The lowest BCUT2D eigenvalue weighted by Crippen LogP contribution is -2.37. The summed E-state index contributed by atoms with van der Waals surface area (Å²) in [5.74, 6) is 1.36. The van der Waals surface area contributed by atoms with Gasteiger partial charge in [-0.3, -0.25) is 19.6 Å². The summed E-state index contributed by atoms with van der Waals surface area (Å²) in [5, 5.41) is 6.84. The number of ketones is 2. The van der Waals surface area contributed by atoms with Crippen LogP contribution in [0.1, 0.15) is 63.6 Å². The van der Waals surface area contributed by atoms with Gasteiger partial charge in [-0.15, -0.1) is 0 Å². The predicted molar refractivity (Wildman–Crippen MR) is 89.4 cm³/mol. The highest BCUT2D eigenvalue weighted by Gasteiger charge is 2.26. The van der Waals surface area contributed by atoms with Gasteiger partial charge in [0.25, 0.3) is 0 Å². The molecule has 0 aromatic carbocycles. The fourth-order valence-electron chi connectivity index (χ4n) is 3.62. The summed E-state index contributed by atoms with van der Waals surface area (Å²) in [6.07, 6.45) is 3.46. The lowest BCUT2D eigenvalue weighted by atomic mass is 9.96. The Morgan fingerprint density at radius 3 is 2.54 bits per heavy atom. The van der Waals surface area contributed by atoms with Crippen LogP contribution in [0, 0.1) is 13.8 Å². The van der Waals surface area contributed by atoms with Crippen molar-refractivity contribution < 1.29 is 9.59 Å². The van der Waals surface area contributed by atoms with Gasteiger partial charge in [-0.2, -0.15) is 5.10 Å². The fourth-order valence-corrected chi connectivity index (χ4v) is 3.62. The van der Waals surface area contributed by atoms with E-state index >= 15 is 0 Å². The van der Waals surface area contributed by atoms with Crippen molar-refractivity contribution in [2.45, 2.75) is 39.5 Å². The first-order valence-electron chi connectivity index (χ1n) is 8.28. The number of hydrogen-bond acceptors (Lipinski definition) is 5. The first-order chi connectivity index (χ1) is 11.5. The maximum atomic E-state index is 12.6. The molecule has 1 aliphatic heterocycles. The Balaban J connectivity index is 1.62. The molecular weight excluding hydrogens is 306 g/mol. The number of hydrogen-bond donors (Lipinski definition) is 2. The highest BCUT2D eigenvalue weighted by Crippen LogP contribution is 2.25. The molecule has 7 heteroatoms. The average molecular weight is 329 g/mol. The van der Waals surface area contributed by atoms with Gasteiger partial charge in [0.2, 0.25) is 0 Å². The molecule has 0 radical (unpaired) electrons. The smallest absolute Gasteiger partial charge is 0.193 e. The Labute approximate surface area is 140 Å². The van der Waals surface area contributed by atoms with E-state index in [9.17, 15) is 9.59 Å². The largest absolute Gasteiger partial charge is 0.355 e. The van der Waals surface area contributed by atoms with Gasteiger partial charge in [-0.25, -0.2) is 4.98 Å². The van der Waals surface area contributed by atoms with Gasteiger partial charge < -0.3 is 4.98 Å². The Kier molecular flexibility index (Phi) is 4.62. The number of nitrogens with zero attached hydrogens (tertiary/aromatic N) is 3. The minimum Gasteiger partial charge on any atom is -0.355 e. The number of aromatic amines is 2. The second-order valence-electron chi connectivity index (χ2n) is 6.53. The summed E-state index contributed by atoms with van der Waals surface area (Å²) in [4.78, 5) is 33.8. The molecule has 24 heavy (non-hydrogen) atoms. The minimum atomic E-state index is -0.00632. The summed E-state index contributed by atoms with van der Waals surface area (Å²) in [5.41, 5.74) is 2.74. The third kappa shape index (κ3) is 3.17. The SMILES string of the molecule is CC(=O)c1c(C)[nH]c(C(=O)CN2CCC(c3ncn[nH]3)CC2)c1C. The van der Waals surface area contributed by atoms with Crippen LogP contribution in [0.3, 0.4) is 0 Å². The molecule has 2 aromatic rings. The molecule has 3 rings (SSSR count). The zero-order valence-corrected chi connectivity index (χ0v) is 14.3. The van der Waals surface area contributed by atoms with E-state index in [2.05, 4.69) is 25.1 Å². The van der Waals surface area contributed by atoms with Crippen LogP contribution in [0.2, 0.25) is 0 Å². The first-order valence-corrected chi connectivity index (χ1v) is 8.28. The van der Waals surface area contributed by atoms with Gasteiger partial charge >= 0.3 is 0 Å². The number of nitrogens with one attached hydrogen (secondary N) is 2. The van der Waals surface area contributed by atoms with Crippen LogP contribution in [0.5, 0.6) is 0 Å². The number of piperidine rings is 1. The lowest BCUT2D eigenvalue weighted by Gasteiger charge is -2.30. The number of aromatic nitrogens is 4. The molecule has 2 N–H and O–H groups in total. The molecule has 0 amide bonds. The normalized spacial score (nSPS) is 16.5. The maximum absolute atomic E-state index is 12.6. The Morgan fingerprint density at radius 1 is 1.29 bits per heavy atom. The molecule has 128 valence electrons. The van der Waals surface area contributed by atoms with Crippen molar-refractivity contribution in [3.05, 3.63) is 34.7 Å². The summed E-state index contributed by atoms with van der Waals surface area (Å²) in [7, 11) is 0. The molecular formula is C17H23N5O2. The second-order valence-corrected chi connectivity index (χ2v) is 6.53. The Morgan fingerprint density at radius 2 is 2.00 bits per heavy atom. The van der Waals surface area contributed by atoms with Crippen molar-refractivity contribution in [1.82, 2.24) is 25.1 Å². The number of carbonyl (C=O) groups excluding carboxylic acids is 2. The highest BCUT2D eigenvalue weighted by molar-refractivity contribution is 6.03. The third-order valence-corrected chi connectivity index (χ3v) is 4.84. The molecule has 3 heterocycles. The zero-order chi connectivity index (χ0) is 17.3. The molecule has 1 aliphatic rings. The lowest BCUT2D eigenvalue weighted by molar-refractivity contribution is 0.0903. The number of rotatable bonds is 5. The van der Waals surface area contributed by atoms with Crippen LogP contribution in [0.4, 0.5) is 0 Å². The van der Waals surface area contributed by atoms with E-state index in [1.807, 2.05) is 13.8 Å². The van der Waals surface area contributed by atoms with Gasteiger partial charge in [0.1, 0.15) is 12.2 Å². The van der Waals surface area contributed by atoms with Crippen molar-refractivity contribution in [2.24, 2.45) is 0 Å². The molecule has 0 saturated carbocycles. The molecule has 1 saturated heterocycles. The van der Waals surface area contributed by atoms with E-state index in [4.69, 9.17) is 0 Å². The molecule has 0 bridgehead atoms. The summed E-state index contributed by atoms with van der Waals surface area (Å²) in [6.45, 7) is 7.30. The number of aryl methyl sites for hydroxylation is 1. The average Bonchev–Trinajstić information content (AvgIpc) is 3.16. The Hall–Kier alpha value is -2.28. The minimum absolute atomic E-state index is 0.00632. The fraction of sp³-hybridized carbons (Fsp3) is 0.529. The van der Waals surface area contributed by atoms with Crippen LogP contribution in [-0.4, -0.2) is 56.3 Å². The predicted octanol–water partition coefficient (Wildman–Crippen LogP) is 2.01. The van der Waals surface area contributed by atoms with Crippen LogP contribution in [-0.2, 0) is 0 Å². The maximum Gasteiger partial charge on any atom is 0.193 e. The number of Topliss-reactive ketones (excluding diaryl/α,β-unsaturated/α-hetero) is 2. The molecule has 7 nitrogen and oxygen atoms in total.